The highest BCUT2D eigenvalue weighted by molar-refractivity contribution is 5.98. The van der Waals surface area contributed by atoms with Crippen molar-refractivity contribution in [1.82, 2.24) is 0 Å². The van der Waals surface area contributed by atoms with E-state index in [1.54, 1.807) is 12.1 Å². The third-order valence-electron chi connectivity index (χ3n) is 4.81. The van der Waals surface area contributed by atoms with Crippen LogP contribution in [0.3, 0.4) is 0 Å². The van der Waals surface area contributed by atoms with Crippen LogP contribution in [0.25, 0.3) is 12.2 Å². The molecule has 7 heteroatoms. The van der Waals surface area contributed by atoms with E-state index in [0.717, 1.165) is 37.8 Å². The van der Waals surface area contributed by atoms with Gasteiger partial charge in [-0.1, -0.05) is 24.3 Å². The highest BCUT2D eigenvalue weighted by Gasteiger charge is 2.29. The van der Waals surface area contributed by atoms with Crippen molar-refractivity contribution < 1.29 is 32.5 Å². The van der Waals surface area contributed by atoms with Gasteiger partial charge in [-0.2, -0.15) is 13.2 Å². The molecule has 0 saturated heterocycles. The van der Waals surface area contributed by atoms with Crippen LogP contribution >= 0.6 is 0 Å². The molecular formula is C22H21F3O4. The van der Waals surface area contributed by atoms with Crippen LogP contribution in [-0.4, -0.2) is 24.3 Å². The van der Waals surface area contributed by atoms with Gasteiger partial charge in [0.25, 0.3) is 0 Å². The third kappa shape index (κ3) is 5.10. The van der Waals surface area contributed by atoms with Gasteiger partial charge in [0.1, 0.15) is 17.1 Å². The van der Waals surface area contributed by atoms with Crippen LogP contribution in [0.2, 0.25) is 0 Å². The lowest BCUT2D eigenvalue weighted by atomic mass is 10.0. The molecule has 0 aromatic heterocycles. The zero-order valence-corrected chi connectivity index (χ0v) is 15.8. The molecule has 3 rings (SSSR count). The summed E-state index contributed by atoms with van der Waals surface area (Å²) in [6.45, 7) is 0. The number of rotatable bonds is 5. The topological polar surface area (TPSA) is 55.8 Å². The normalized spacial score (nSPS) is 15.0. The smallest absolute Gasteiger partial charge is 0.416 e. The van der Waals surface area contributed by atoms with Crippen LogP contribution in [0.4, 0.5) is 13.2 Å². The summed E-state index contributed by atoms with van der Waals surface area (Å²) < 4.78 is 48.7. The number of phenols is 1. The Morgan fingerprint density at radius 3 is 2.34 bits per heavy atom. The second kappa shape index (κ2) is 8.59. The quantitative estimate of drug-likeness (QED) is 0.512. The summed E-state index contributed by atoms with van der Waals surface area (Å²) in [6.07, 6.45) is 2.77. The first-order valence-corrected chi connectivity index (χ1v) is 9.25. The minimum Gasteiger partial charge on any atom is -0.507 e. The molecule has 1 aliphatic rings. The number of aromatic hydroxyl groups is 1. The average Bonchev–Trinajstić information content (AvgIpc) is 3.18. The molecule has 2 aromatic rings. The molecule has 0 unspecified atom stereocenters. The van der Waals surface area contributed by atoms with Crippen LogP contribution in [-0.2, 0) is 10.9 Å². The molecule has 0 bridgehead atoms. The Kier molecular flexibility index (Phi) is 6.15. The molecule has 1 saturated carbocycles. The SMILES string of the molecule is COC(=O)c1c(O)cc(OC2CCCC2)cc1/C=C/c1ccc(C(F)(F)F)cc1. The van der Waals surface area contributed by atoms with Crippen LogP contribution in [0.5, 0.6) is 11.5 Å². The Morgan fingerprint density at radius 2 is 1.76 bits per heavy atom. The monoisotopic (exact) mass is 406 g/mol. The maximum Gasteiger partial charge on any atom is 0.416 e. The molecule has 0 amide bonds. The van der Waals surface area contributed by atoms with Gasteiger partial charge < -0.3 is 14.6 Å². The summed E-state index contributed by atoms with van der Waals surface area (Å²) >= 11 is 0. The van der Waals surface area contributed by atoms with E-state index >= 15 is 0 Å². The fourth-order valence-electron chi connectivity index (χ4n) is 3.31. The number of benzene rings is 2. The number of alkyl halides is 3. The van der Waals surface area contributed by atoms with Gasteiger partial charge >= 0.3 is 12.1 Å². The number of esters is 1. The van der Waals surface area contributed by atoms with Gasteiger partial charge in [-0.05, 0) is 55.0 Å². The fraction of sp³-hybridized carbons (Fsp3) is 0.318. The van der Waals surface area contributed by atoms with Crippen LogP contribution in [0.15, 0.2) is 36.4 Å². The summed E-state index contributed by atoms with van der Waals surface area (Å²) in [4.78, 5) is 12.1. The molecule has 0 heterocycles. The number of halogens is 3. The number of hydrogen-bond donors (Lipinski definition) is 1. The van der Waals surface area contributed by atoms with Crippen molar-refractivity contribution in [1.29, 1.82) is 0 Å². The molecule has 29 heavy (non-hydrogen) atoms. The zero-order chi connectivity index (χ0) is 21.0. The van der Waals surface area contributed by atoms with Gasteiger partial charge in [0.05, 0.1) is 18.8 Å². The Morgan fingerprint density at radius 1 is 1.10 bits per heavy atom. The van der Waals surface area contributed by atoms with E-state index in [1.807, 2.05) is 0 Å². The second-order valence-electron chi connectivity index (χ2n) is 6.88. The maximum atomic E-state index is 12.7. The van der Waals surface area contributed by atoms with E-state index in [-0.39, 0.29) is 17.4 Å². The zero-order valence-electron chi connectivity index (χ0n) is 15.8. The highest BCUT2D eigenvalue weighted by Crippen LogP contribution is 2.33. The minimum absolute atomic E-state index is 0.0329. The average molecular weight is 406 g/mol. The molecule has 154 valence electrons. The summed E-state index contributed by atoms with van der Waals surface area (Å²) in [7, 11) is 1.20. The predicted molar refractivity (Wildman–Crippen MR) is 103 cm³/mol. The predicted octanol–water partition coefficient (Wildman–Crippen LogP) is 5.69. The van der Waals surface area contributed by atoms with Gasteiger partial charge in [-0.25, -0.2) is 4.79 Å². The number of methoxy groups -OCH3 is 1. The molecule has 0 atom stereocenters. The second-order valence-corrected chi connectivity index (χ2v) is 6.88. The Balaban J connectivity index is 1.91. The summed E-state index contributed by atoms with van der Waals surface area (Å²) in [5.74, 6) is -0.574. The first-order chi connectivity index (χ1) is 13.8. The molecule has 0 aliphatic heterocycles. The first-order valence-electron chi connectivity index (χ1n) is 9.25. The number of phenolic OH excluding ortho intramolecular Hbond substituents is 1. The lowest BCUT2D eigenvalue weighted by Crippen LogP contribution is -2.12. The number of carbonyl (C=O) groups excluding carboxylic acids is 1. The molecule has 1 aliphatic carbocycles. The molecule has 0 radical (unpaired) electrons. The van der Waals surface area contributed by atoms with Crippen molar-refractivity contribution in [3.63, 3.8) is 0 Å². The third-order valence-corrected chi connectivity index (χ3v) is 4.81. The number of hydrogen-bond acceptors (Lipinski definition) is 4. The molecule has 1 fully saturated rings. The summed E-state index contributed by atoms with van der Waals surface area (Å²) in [6, 6.07) is 7.62. The molecular weight excluding hydrogens is 385 g/mol. The van der Waals surface area contributed by atoms with Gasteiger partial charge in [0.2, 0.25) is 0 Å². The Labute approximate surface area is 166 Å². The number of ether oxygens (including phenoxy) is 2. The Hall–Kier alpha value is -2.96. The molecule has 1 N–H and O–H groups in total. The van der Waals surface area contributed by atoms with Crippen molar-refractivity contribution in [2.45, 2.75) is 38.0 Å². The van der Waals surface area contributed by atoms with Gasteiger partial charge in [0, 0.05) is 6.07 Å². The lowest BCUT2D eigenvalue weighted by Gasteiger charge is -2.15. The van der Waals surface area contributed by atoms with Crippen LogP contribution in [0.1, 0.15) is 52.7 Å². The lowest BCUT2D eigenvalue weighted by molar-refractivity contribution is -0.137. The standard InChI is InChI=1S/C22H21F3O4/c1-28-21(27)20-15(9-6-14-7-10-16(11-8-14)22(23,24)25)12-18(13-19(20)26)29-17-4-2-3-5-17/h6-13,17,26H,2-5H2,1H3/b9-6+. The van der Waals surface area contributed by atoms with Gasteiger partial charge in [-0.3, -0.25) is 0 Å². The van der Waals surface area contributed by atoms with Crippen LogP contribution in [0, 0.1) is 0 Å². The minimum atomic E-state index is -4.40. The van der Waals surface area contributed by atoms with E-state index in [4.69, 9.17) is 9.47 Å². The highest BCUT2D eigenvalue weighted by atomic mass is 19.4. The van der Waals surface area contributed by atoms with Crippen molar-refractivity contribution in [2.75, 3.05) is 7.11 Å². The van der Waals surface area contributed by atoms with Crippen molar-refractivity contribution in [3.8, 4) is 11.5 Å². The van der Waals surface area contributed by atoms with Gasteiger partial charge in [-0.15, -0.1) is 0 Å². The van der Waals surface area contributed by atoms with E-state index in [2.05, 4.69) is 0 Å². The molecule has 4 nitrogen and oxygen atoms in total. The summed E-state index contributed by atoms with van der Waals surface area (Å²) in [5.41, 5.74) is 0.0871. The fourth-order valence-corrected chi connectivity index (χ4v) is 3.31. The first kappa shape index (κ1) is 20.8. The maximum absolute atomic E-state index is 12.7. The largest absolute Gasteiger partial charge is 0.507 e. The van der Waals surface area contributed by atoms with Crippen LogP contribution < -0.4 is 4.74 Å². The summed E-state index contributed by atoms with van der Waals surface area (Å²) in [5, 5.41) is 10.3. The Bertz CT molecular complexity index is 896. The molecule has 0 spiro atoms. The van der Waals surface area contributed by atoms with E-state index in [1.165, 1.54) is 31.4 Å². The molecule has 2 aromatic carbocycles. The van der Waals surface area contributed by atoms with E-state index in [0.29, 0.717) is 16.9 Å². The van der Waals surface area contributed by atoms with Crippen molar-refractivity contribution >= 4 is 18.1 Å². The van der Waals surface area contributed by atoms with E-state index < -0.39 is 17.7 Å². The van der Waals surface area contributed by atoms with Gasteiger partial charge in [0.15, 0.2) is 0 Å². The number of carbonyl (C=O) groups is 1. The van der Waals surface area contributed by atoms with Crippen molar-refractivity contribution in [3.05, 3.63) is 58.7 Å². The van der Waals surface area contributed by atoms with Crippen molar-refractivity contribution in [2.24, 2.45) is 0 Å². The van der Waals surface area contributed by atoms with E-state index in [9.17, 15) is 23.1 Å².